The molecule has 0 aliphatic carbocycles. The van der Waals surface area contributed by atoms with E-state index in [4.69, 9.17) is 15.5 Å². The molecule has 1 aromatic carbocycles. The van der Waals surface area contributed by atoms with Crippen molar-refractivity contribution in [2.75, 3.05) is 12.8 Å². The number of methoxy groups -OCH3 is 1. The molecule has 2 aliphatic rings. The maximum absolute atomic E-state index is 13.9. The number of aromatic amines is 1. The zero-order valence-corrected chi connectivity index (χ0v) is 23.5. The number of H-pyrrole nitrogens is 1. The Morgan fingerprint density at radius 3 is 2.51 bits per heavy atom. The SMILES string of the molecule is COc1cc(-c2ccc(-c3cnn4c(N)c(C(C)=O)c([C@@H]5C[C@H]6CC[C@@H](C5)N6C(=O)c5nnc[nH]5)nc34)cn2)ccc1F. The number of anilines is 1. The number of pyridine rings is 1. The maximum atomic E-state index is 13.9. The third-order valence-electron chi connectivity index (χ3n) is 8.56. The summed E-state index contributed by atoms with van der Waals surface area (Å²) in [7, 11) is 1.42. The summed E-state index contributed by atoms with van der Waals surface area (Å²) in [5.41, 5.74) is 10.9. The van der Waals surface area contributed by atoms with Crippen LogP contribution in [0.15, 0.2) is 49.1 Å². The topological polar surface area (TPSA) is 157 Å². The summed E-state index contributed by atoms with van der Waals surface area (Å²) in [4.78, 5) is 40.4. The standard InChI is InChI=1S/C30H28FN9O3/c1-15(41)25-26(18-9-19-5-6-20(10-18)39(19)30(42)28-34-14-35-38-28)37-29-21(13-36-40(29)27(25)32)17-4-8-23(33-12-17)16-3-7-22(31)24(11-16)43-2/h3-4,7-8,11-14,18-20H,5-6,9-10,32H2,1-2H3,(H,34,35,38)/t18-,19-,20+. The molecule has 0 radical (unpaired) electrons. The number of hydrogen-bond donors (Lipinski definition) is 2. The second-order valence-corrected chi connectivity index (χ2v) is 11.0. The number of amides is 1. The van der Waals surface area contributed by atoms with E-state index in [0.717, 1.165) is 18.4 Å². The Hall–Kier alpha value is -5.20. The summed E-state index contributed by atoms with van der Waals surface area (Å²) in [6.07, 6.45) is 7.79. The molecular formula is C30H28FN9O3. The number of aromatic nitrogens is 7. The number of nitrogens with two attached hydrogens (primary N) is 1. The Balaban J connectivity index is 1.24. The lowest BCUT2D eigenvalue weighted by Crippen LogP contribution is -2.46. The van der Waals surface area contributed by atoms with Crippen molar-refractivity contribution in [2.45, 2.75) is 50.6 Å². The van der Waals surface area contributed by atoms with Gasteiger partial charge in [-0.3, -0.25) is 14.6 Å². The number of piperidine rings is 1. The number of ether oxygens (including phenoxy) is 1. The van der Waals surface area contributed by atoms with Crippen LogP contribution in [0.25, 0.3) is 28.0 Å². The molecule has 2 bridgehead atoms. The maximum Gasteiger partial charge on any atom is 0.292 e. The van der Waals surface area contributed by atoms with Crippen LogP contribution in [0, 0.1) is 5.82 Å². The first kappa shape index (κ1) is 26.7. The van der Waals surface area contributed by atoms with Crippen LogP contribution < -0.4 is 10.5 Å². The van der Waals surface area contributed by atoms with Crippen LogP contribution >= 0.6 is 0 Å². The Bertz CT molecular complexity index is 1860. The number of carbonyl (C=O) groups excluding carboxylic acids is 2. The van der Waals surface area contributed by atoms with E-state index in [1.165, 1.54) is 30.9 Å². The Morgan fingerprint density at radius 1 is 1.09 bits per heavy atom. The molecule has 2 saturated heterocycles. The van der Waals surface area contributed by atoms with Crippen LogP contribution in [0.5, 0.6) is 5.75 Å². The molecule has 218 valence electrons. The predicted octanol–water partition coefficient (Wildman–Crippen LogP) is 4.06. The number of Topliss-reactive ketones (excluding diaryl/α,β-unsaturated/α-hetero) is 1. The monoisotopic (exact) mass is 581 g/mol. The predicted molar refractivity (Wildman–Crippen MR) is 154 cm³/mol. The highest BCUT2D eigenvalue weighted by Crippen LogP contribution is 2.45. The fourth-order valence-electron chi connectivity index (χ4n) is 6.60. The number of halogens is 1. The van der Waals surface area contributed by atoms with Crippen molar-refractivity contribution in [3.05, 3.63) is 72.0 Å². The largest absolute Gasteiger partial charge is 0.494 e. The number of nitrogens with zero attached hydrogens (tertiary/aromatic N) is 7. The first-order valence-electron chi connectivity index (χ1n) is 14.0. The average Bonchev–Trinajstić information content (AvgIpc) is 3.75. The molecule has 13 heteroatoms. The molecule has 3 atom stereocenters. The van der Waals surface area contributed by atoms with Gasteiger partial charge in [0.05, 0.1) is 30.3 Å². The number of rotatable bonds is 6. The number of carbonyl (C=O) groups is 2. The van der Waals surface area contributed by atoms with Gasteiger partial charge in [0.15, 0.2) is 23.0 Å². The molecule has 43 heavy (non-hydrogen) atoms. The fourth-order valence-corrected chi connectivity index (χ4v) is 6.60. The molecule has 3 N–H and O–H groups in total. The van der Waals surface area contributed by atoms with Crippen molar-refractivity contribution in [3.8, 4) is 28.1 Å². The van der Waals surface area contributed by atoms with Gasteiger partial charge in [-0.1, -0.05) is 6.07 Å². The molecule has 0 unspecified atom stereocenters. The first-order valence-corrected chi connectivity index (χ1v) is 14.0. The zero-order valence-electron chi connectivity index (χ0n) is 23.5. The molecule has 2 fully saturated rings. The fraction of sp³-hybridized carbons (Fsp3) is 0.300. The lowest BCUT2D eigenvalue weighted by atomic mass is 9.85. The summed E-state index contributed by atoms with van der Waals surface area (Å²) < 4.78 is 20.5. The van der Waals surface area contributed by atoms with Crippen LogP contribution in [0.4, 0.5) is 10.2 Å². The van der Waals surface area contributed by atoms with E-state index >= 15 is 0 Å². The molecule has 5 aromatic rings. The molecule has 7 rings (SSSR count). The highest BCUT2D eigenvalue weighted by atomic mass is 19.1. The van der Waals surface area contributed by atoms with Crippen molar-refractivity contribution < 1.29 is 18.7 Å². The number of hydrogen-bond acceptors (Lipinski definition) is 9. The van der Waals surface area contributed by atoms with Crippen LogP contribution in [-0.4, -0.2) is 70.5 Å². The van der Waals surface area contributed by atoms with E-state index in [2.05, 4.69) is 25.3 Å². The molecular weight excluding hydrogens is 553 g/mol. The smallest absolute Gasteiger partial charge is 0.292 e. The molecule has 6 heterocycles. The second kappa shape index (κ2) is 10.3. The van der Waals surface area contributed by atoms with Crippen LogP contribution in [0.3, 0.4) is 0 Å². The highest BCUT2D eigenvalue weighted by molar-refractivity contribution is 6.00. The van der Waals surface area contributed by atoms with Crippen molar-refractivity contribution in [1.82, 2.24) is 39.7 Å². The second-order valence-electron chi connectivity index (χ2n) is 11.0. The van der Waals surface area contributed by atoms with E-state index in [0.29, 0.717) is 46.6 Å². The number of nitrogen functional groups attached to an aromatic ring is 1. The molecule has 12 nitrogen and oxygen atoms in total. The Kier molecular flexibility index (Phi) is 6.37. The summed E-state index contributed by atoms with van der Waals surface area (Å²) in [5.74, 6) is -0.266. The Morgan fingerprint density at radius 2 is 1.86 bits per heavy atom. The molecule has 2 aliphatic heterocycles. The number of benzene rings is 1. The minimum Gasteiger partial charge on any atom is -0.494 e. The van der Waals surface area contributed by atoms with E-state index in [1.54, 1.807) is 24.5 Å². The molecule has 1 amide bonds. The number of nitrogens with one attached hydrogen (secondary N) is 1. The van der Waals surface area contributed by atoms with Gasteiger partial charge in [-0.05, 0) is 56.9 Å². The van der Waals surface area contributed by atoms with Crippen LogP contribution in [-0.2, 0) is 0 Å². The summed E-state index contributed by atoms with van der Waals surface area (Å²) in [5, 5.41) is 12.1. The summed E-state index contributed by atoms with van der Waals surface area (Å²) in [6, 6.07) is 8.29. The molecule has 0 saturated carbocycles. The van der Waals surface area contributed by atoms with Crippen molar-refractivity contribution >= 4 is 23.2 Å². The van der Waals surface area contributed by atoms with Crippen molar-refractivity contribution in [3.63, 3.8) is 0 Å². The average molecular weight is 582 g/mol. The first-order chi connectivity index (χ1) is 20.8. The lowest BCUT2D eigenvalue weighted by molar-refractivity contribution is 0.0556. The van der Waals surface area contributed by atoms with E-state index in [-0.39, 0.29) is 47.1 Å². The van der Waals surface area contributed by atoms with Crippen molar-refractivity contribution in [1.29, 1.82) is 0 Å². The minimum atomic E-state index is -0.446. The van der Waals surface area contributed by atoms with Gasteiger partial charge < -0.3 is 20.4 Å². The number of ketones is 1. The van der Waals surface area contributed by atoms with E-state index < -0.39 is 5.82 Å². The Labute approximate surface area is 245 Å². The van der Waals surface area contributed by atoms with Gasteiger partial charge in [-0.2, -0.15) is 9.61 Å². The third kappa shape index (κ3) is 4.39. The summed E-state index contributed by atoms with van der Waals surface area (Å²) in [6.45, 7) is 1.48. The van der Waals surface area contributed by atoms with Gasteiger partial charge in [0.2, 0.25) is 5.82 Å². The molecule has 4 aromatic heterocycles. The minimum absolute atomic E-state index is 0.00776. The van der Waals surface area contributed by atoms with Gasteiger partial charge in [0.25, 0.3) is 5.91 Å². The highest BCUT2D eigenvalue weighted by Gasteiger charge is 2.45. The van der Waals surface area contributed by atoms with Crippen molar-refractivity contribution in [2.24, 2.45) is 0 Å². The van der Waals surface area contributed by atoms with Crippen LogP contribution in [0.1, 0.15) is 65.2 Å². The third-order valence-corrected chi connectivity index (χ3v) is 8.56. The van der Waals surface area contributed by atoms with E-state index in [9.17, 15) is 14.0 Å². The number of fused-ring (bicyclic) bond motifs is 3. The van der Waals surface area contributed by atoms with Gasteiger partial charge in [0.1, 0.15) is 12.1 Å². The van der Waals surface area contributed by atoms with Crippen LogP contribution in [0.2, 0.25) is 0 Å². The normalized spacial score (nSPS) is 19.6. The van der Waals surface area contributed by atoms with Gasteiger partial charge in [0, 0.05) is 40.9 Å². The quantitative estimate of drug-likeness (QED) is 0.282. The lowest BCUT2D eigenvalue weighted by Gasteiger charge is -2.38. The summed E-state index contributed by atoms with van der Waals surface area (Å²) >= 11 is 0. The van der Waals surface area contributed by atoms with Gasteiger partial charge in [-0.25, -0.2) is 9.37 Å². The van der Waals surface area contributed by atoms with Gasteiger partial charge >= 0.3 is 0 Å². The van der Waals surface area contributed by atoms with E-state index in [1.807, 2.05) is 17.0 Å². The van der Waals surface area contributed by atoms with Gasteiger partial charge in [-0.15, -0.1) is 10.2 Å². The molecule has 0 spiro atoms. The zero-order chi connectivity index (χ0) is 29.8.